The topological polar surface area (TPSA) is 72.7 Å². The molecule has 0 fully saturated rings. The maximum absolute atomic E-state index is 11.9. The number of carbonyl (C=O) groups excluding carboxylic acids is 1. The lowest BCUT2D eigenvalue weighted by atomic mass is 10.2. The number of amides is 2. The summed E-state index contributed by atoms with van der Waals surface area (Å²) in [5, 5.41) is 5.56. The normalized spacial score (nSPS) is 10.1. The quantitative estimate of drug-likeness (QED) is 0.833. The zero-order chi connectivity index (χ0) is 15.4. The van der Waals surface area contributed by atoms with Gasteiger partial charge in [-0.2, -0.15) is 0 Å². The van der Waals surface area contributed by atoms with Crippen LogP contribution in [0.3, 0.4) is 0 Å². The second kappa shape index (κ2) is 6.73. The summed E-state index contributed by atoms with van der Waals surface area (Å²) in [4.78, 5) is 11.9. The number of ether oxygens (including phenoxy) is 2. The van der Waals surface area contributed by atoms with E-state index in [1.54, 1.807) is 24.3 Å². The van der Waals surface area contributed by atoms with E-state index in [1.165, 1.54) is 14.2 Å². The van der Waals surface area contributed by atoms with Gasteiger partial charge in [0, 0.05) is 18.2 Å². The van der Waals surface area contributed by atoms with Crippen LogP contribution in [-0.2, 0) is 0 Å². The maximum atomic E-state index is 11.9. The number of nitrogens with one attached hydrogen (secondary N) is 2. The van der Waals surface area contributed by atoms with E-state index in [0.717, 1.165) is 0 Å². The van der Waals surface area contributed by atoms with Crippen LogP contribution in [0.5, 0.6) is 11.5 Å². The molecule has 2 amide bonds. The van der Waals surface area contributed by atoms with Crippen LogP contribution in [0.4, 0.5) is 16.4 Å². The zero-order valence-corrected chi connectivity index (χ0v) is 13.5. The van der Waals surface area contributed by atoms with Crippen LogP contribution in [0.2, 0.25) is 5.02 Å². The molecule has 0 spiro atoms. The van der Waals surface area contributed by atoms with Gasteiger partial charge in [-0.25, -0.2) is 4.79 Å². The lowest BCUT2D eigenvalue weighted by Gasteiger charge is -2.13. The van der Waals surface area contributed by atoms with Crippen LogP contribution < -0.4 is 20.1 Å². The molecule has 2 rings (SSSR count). The van der Waals surface area contributed by atoms with Crippen LogP contribution in [0, 0.1) is 0 Å². The molecule has 2 N–H and O–H groups in total. The van der Waals surface area contributed by atoms with Crippen molar-refractivity contribution in [2.24, 2.45) is 0 Å². The SMILES string of the molecule is COc1cc(NC(=O)Nc2ccc(Br)o2)c(OC)cc1Cl. The van der Waals surface area contributed by atoms with Gasteiger partial charge in [0.2, 0.25) is 5.88 Å². The van der Waals surface area contributed by atoms with Gasteiger partial charge < -0.3 is 19.2 Å². The average Bonchev–Trinajstić information content (AvgIpc) is 2.85. The summed E-state index contributed by atoms with van der Waals surface area (Å²) in [7, 11) is 2.96. The summed E-state index contributed by atoms with van der Waals surface area (Å²) in [5.41, 5.74) is 0.418. The fourth-order valence-electron chi connectivity index (χ4n) is 1.61. The number of halogens is 2. The molecule has 0 bridgehead atoms. The van der Waals surface area contributed by atoms with E-state index < -0.39 is 6.03 Å². The Kier molecular flexibility index (Phi) is 4.98. The number of benzene rings is 1. The molecule has 0 saturated carbocycles. The van der Waals surface area contributed by atoms with Crippen molar-refractivity contribution in [1.82, 2.24) is 0 Å². The minimum atomic E-state index is -0.487. The first-order valence-electron chi connectivity index (χ1n) is 5.78. The molecule has 2 aromatic rings. The van der Waals surface area contributed by atoms with Gasteiger partial charge in [0.05, 0.1) is 24.9 Å². The second-order valence-corrected chi connectivity index (χ2v) is 5.06. The van der Waals surface area contributed by atoms with Gasteiger partial charge in [-0.1, -0.05) is 11.6 Å². The predicted molar refractivity (Wildman–Crippen MR) is 83.6 cm³/mol. The Hall–Kier alpha value is -1.86. The molecule has 112 valence electrons. The second-order valence-electron chi connectivity index (χ2n) is 3.87. The molecule has 0 saturated heterocycles. The first kappa shape index (κ1) is 15.5. The van der Waals surface area contributed by atoms with Gasteiger partial charge in [0.25, 0.3) is 0 Å². The first-order chi connectivity index (χ1) is 10.0. The van der Waals surface area contributed by atoms with Crippen LogP contribution in [-0.4, -0.2) is 20.3 Å². The number of hydrogen-bond donors (Lipinski definition) is 2. The van der Waals surface area contributed by atoms with E-state index in [2.05, 4.69) is 26.6 Å². The van der Waals surface area contributed by atoms with Gasteiger partial charge >= 0.3 is 6.03 Å². The van der Waals surface area contributed by atoms with Gasteiger partial charge in [-0.3, -0.25) is 5.32 Å². The molecule has 0 unspecified atom stereocenters. The molecule has 6 nitrogen and oxygen atoms in total. The van der Waals surface area contributed by atoms with Crippen LogP contribution >= 0.6 is 27.5 Å². The van der Waals surface area contributed by atoms with Gasteiger partial charge in [0.1, 0.15) is 11.5 Å². The van der Waals surface area contributed by atoms with Crippen molar-refractivity contribution in [3.8, 4) is 11.5 Å². The molecule has 0 aliphatic carbocycles. The standard InChI is InChI=1S/C13H12BrClN2O4/c1-19-9-6-8(10(20-2)5-7(9)15)16-13(18)17-12-4-3-11(14)21-12/h3-6H,1-2H3,(H2,16,17,18). The summed E-state index contributed by atoms with van der Waals surface area (Å²) in [5.74, 6) is 1.14. The Morgan fingerprint density at radius 3 is 2.48 bits per heavy atom. The lowest BCUT2D eigenvalue weighted by Crippen LogP contribution is -2.19. The van der Waals surface area contributed by atoms with Gasteiger partial charge in [0.15, 0.2) is 4.67 Å². The maximum Gasteiger partial charge on any atom is 0.326 e. The summed E-state index contributed by atoms with van der Waals surface area (Å²) >= 11 is 9.14. The van der Waals surface area contributed by atoms with E-state index in [4.69, 9.17) is 25.5 Å². The third-order valence-electron chi connectivity index (χ3n) is 2.53. The molecule has 0 atom stereocenters. The number of methoxy groups -OCH3 is 2. The highest BCUT2D eigenvalue weighted by atomic mass is 79.9. The Morgan fingerprint density at radius 1 is 1.19 bits per heavy atom. The molecule has 0 radical (unpaired) electrons. The van der Waals surface area contributed by atoms with Crippen molar-refractivity contribution in [2.75, 3.05) is 24.9 Å². The molecular weight excluding hydrogens is 364 g/mol. The molecular formula is C13H12BrClN2O4. The number of furan rings is 1. The Balaban J connectivity index is 2.16. The van der Waals surface area contributed by atoms with Crippen molar-refractivity contribution in [2.45, 2.75) is 0 Å². The van der Waals surface area contributed by atoms with E-state index in [-0.39, 0.29) is 0 Å². The summed E-state index contributed by atoms with van der Waals surface area (Å²) in [6.45, 7) is 0. The summed E-state index contributed by atoms with van der Waals surface area (Å²) in [6, 6.07) is 5.92. The van der Waals surface area contributed by atoms with Crippen LogP contribution in [0.25, 0.3) is 0 Å². The number of anilines is 2. The Morgan fingerprint density at radius 2 is 1.90 bits per heavy atom. The largest absolute Gasteiger partial charge is 0.495 e. The molecule has 21 heavy (non-hydrogen) atoms. The van der Waals surface area contributed by atoms with E-state index in [0.29, 0.717) is 32.8 Å². The van der Waals surface area contributed by atoms with E-state index >= 15 is 0 Å². The minimum absolute atomic E-state index is 0.305. The van der Waals surface area contributed by atoms with E-state index in [1.807, 2.05) is 0 Å². The lowest BCUT2D eigenvalue weighted by molar-refractivity contribution is 0.261. The summed E-state index contributed by atoms with van der Waals surface area (Å²) < 4.78 is 16.0. The number of urea groups is 1. The number of rotatable bonds is 4. The van der Waals surface area contributed by atoms with Crippen molar-refractivity contribution in [3.63, 3.8) is 0 Å². The average molecular weight is 376 g/mol. The first-order valence-corrected chi connectivity index (χ1v) is 6.95. The molecule has 8 heteroatoms. The zero-order valence-electron chi connectivity index (χ0n) is 11.2. The van der Waals surface area contributed by atoms with Gasteiger partial charge in [-0.05, 0) is 22.0 Å². The number of carbonyl (C=O) groups is 1. The highest BCUT2D eigenvalue weighted by Gasteiger charge is 2.13. The highest BCUT2D eigenvalue weighted by Crippen LogP contribution is 2.35. The van der Waals surface area contributed by atoms with Crippen LogP contribution in [0.15, 0.2) is 33.4 Å². The molecule has 0 aliphatic heterocycles. The molecule has 0 aliphatic rings. The fourth-order valence-corrected chi connectivity index (χ4v) is 2.14. The Labute approximate surface area is 134 Å². The molecule has 1 aromatic heterocycles. The van der Waals surface area contributed by atoms with Crippen LogP contribution in [0.1, 0.15) is 0 Å². The fraction of sp³-hybridized carbons (Fsp3) is 0.154. The van der Waals surface area contributed by atoms with Crippen molar-refractivity contribution < 1.29 is 18.7 Å². The Bertz CT molecular complexity index is 660. The van der Waals surface area contributed by atoms with E-state index in [9.17, 15) is 4.79 Å². The molecule has 1 aromatic carbocycles. The third-order valence-corrected chi connectivity index (χ3v) is 3.25. The minimum Gasteiger partial charge on any atom is -0.495 e. The van der Waals surface area contributed by atoms with Crippen molar-refractivity contribution in [3.05, 3.63) is 34.0 Å². The van der Waals surface area contributed by atoms with Crippen molar-refractivity contribution >= 4 is 45.1 Å². The smallest absolute Gasteiger partial charge is 0.326 e. The number of hydrogen-bond acceptors (Lipinski definition) is 4. The van der Waals surface area contributed by atoms with Gasteiger partial charge in [-0.15, -0.1) is 0 Å². The van der Waals surface area contributed by atoms with Crippen molar-refractivity contribution in [1.29, 1.82) is 0 Å². The highest BCUT2D eigenvalue weighted by molar-refractivity contribution is 9.10. The molecule has 1 heterocycles. The monoisotopic (exact) mass is 374 g/mol. The third kappa shape index (κ3) is 3.83. The summed E-state index contributed by atoms with van der Waals surface area (Å²) in [6.07, 6.45) is 0. The predicted octanol–water partition coefficient (Wildman–Crippen LogP) is 4.36.